The molecular weight excluding hydrogens is 268 g/mol. The van der Waals surface area contributed by atoms with Crippen LogP contribution in [0.5, 0.6) is 5.75 Å². The van der Waals surface area contributed by atoms with Gasteiger partial charge in [0.2, 0.25) is 0 Å². The molecule has 1 aromatic carbocycles. The van der Waals surface area contributed by atoms with E-state index < -0.39 is 0 Å². The summed E-state index contributed by atoms with van der Waals surface area (Å²) in [6.45, 7) is 3.79. The van der Waals surface area contributed by atoms with Gasteiger partial charge in [0.1, 0.15) is 23.6 Å². The molecule has 2 aromatic rings. The average molecular weight is 286 g/mol. The molecule has 0 unspecified atom stereocenters. The molecule has 0 aliphatic carbocycles. The van der Waals surface area contributed by atoms with E-state index in [4.69, 9.17) is 4.74 Å². The van der Waals surface area contributed by atoms with Gasteiger partial charge in [0, 0.05) is 12.1 Å². The van der Waals surface area contributed by atoms with E-state index >= 15 is 0 Å². The van der Waals surface area contributed by atoms with Crippen molar-refractivity contribution >= 4 is 17.4 Å². The Balaban J connectivity index is 2.20. The highest BCUT2D eigenvalue weighted by atomic mass is 16.5. The molecule has 1 amide bonds. The minimum atomic E-state index is -0.226. The van der Waals surface area contributed by atoms with Gasteiger partial charge in [-0.2, -0.15) is 0 Å². The van der Waals surface area contributed by atoms with Crippen molar-refractivity contribution in [2.45, 2.75) is 19.9 Å². The normalized spacial score (nSPS) is 10.3. The van der Waals surface area contributed by atoms with E-state index in [9.17, 15) is 4.79 Å². The number of aromatic nitrogens is 2. The Morgan fingerprint density at radius 3 is 2.71 bits per heavy atom. The Labute approximate surface area is 123 Å². The molecule has 2 N–H and O–H groups in total. The molecule has 0 fully saturated rings. The third-order valence-corrected chi connectivity index (χ3v) is 2.69. The lowest BCUT2D eigenvalue weighted by molar-refractivity contribution is 0.0938. The first-order valence-corrected chi connectivity index (χ1v) is 6.63. The minimum absolute atomic E-state index is 0.0538. The summed E-state index contributed by atoms with van der Waals surface area (Å²) in [7, 11) is 1.60. The van der Waals surface area contributed by atoms with E-state index in [-0.39, 0.29) is 11.9 Å². The summed E-state index contributed by atoms with van der Waals surface area (Å²) < 4.78 is 5.26. The molecular formula is C15H18N4O2. The van der Waals surface area contributed by atoms with Gasteiger partial charge in [-0.3, -0.25) is 4.79 Å². The zero-order chi connectivity index (χ0) is 15.2. The summed E-state index contributed by atoms with van der Waals surface area (Å²) in [5.41, 5.74) is 1.09. The van der Waals surface area contributed by atoms with Crippen molar-refractivity contribution in [1.82, 2.24) is 15.3 Å². The van der Waals surface area contributed by atoms with Gasteiger partial charge in [-0.1, -0.05) is 12.1 Å². The molecule has 0 atom stereocenters. The number of hydrogen-bond donors (Lipinski definition) is 2. The highest BCUT2D eigenvalue weighted by molar-refractivity contribution is 5.93. The lowest BCUT2D eigenvalue weighted by atomic mass is 10.3. The van der Waals surface area contributed by atoms with Gasteiger partial charge in [-0.05, 0) is 26.0 Å². The van der Waals surface area contributed by atoms with E-state index in [0.717, 1.165) is 5.69 Å². The van der Waals surface area contributed by atoms with Crippen molar-refractivity contribution in [3.63, 3.8) is 0 Å². The third kappa shape index (κ3) is 3.92. The number of para-hydroxylation sites is 2. The number of hydrogen-bond acceptors (Lipinski definition) is 5. The molecule has 6 nitrogen and oxygen atoms in total. The Morgan fingerprint density at radius 2 is 2.00 bits per heavy atom. The molecule has 110 valence electrons. The van der Waals surface area contributed by atoms with Gasteiger partial charge in [0.05, 0.1) is 12.8 Å². The van der Waals surface area contributed by atoms with Crippen LogP contribution in [0.4, 0.5) is 11.5 Å². The summed E-state index contributed by atoms with van der Waals surface area (Å²) in [6.07, 6.45) is 1.35. The first-order valence-electron chi connectivity index (χ1n) is 6.63. The maximum Gasteiger partial charge on any atom is 0.270 e. The molecule has 2 rings (SSSR count). The fourth-order valence-electron chi connectivity index (χ4n) is 1.77. The first kappa shape index (κ1) is 14.8. The number of carbonyl (C=O) groups is 1. The van der Waals surface area contributed by atoms with Gasteiger partial charge in [-0.15, -0.1) is 0 Å². The van der Waals surface area contributed by atoms with Crippen LogP contribution in [0.15, 0.2) is 36.7 Å². The number of nitrogens with one attached hydrogen (secondary N) is 2. The molecule has 0 radical (unpaired) electrons. The molecule has 1 aromatic heterocycles. The number of rotatable bonds is 5. The molecule has 0 aliphatic heterocycles. The number of amides is 1. The zero-order valence-electron chi connectivity index (χ0n) is 12.3. The van der Waals surface area contributed by atoms with E-state index in [1.54, 1.807) is 13.2 Å². The van der Waals surface area contributed by atoms with E-state index in [0.29, 0.717) is 17.3 Å². The van der Waals surface area contributed by atoms with Crippen LogP contribution in [-0.4, -0.2) is 29.0 Å². The van der Waals surface area contributed by atoms with Crippen LogP contribution in [0.25, 0.3) is 0 Å². The highest BCUT2D eigenvalue weighted by Gasteiger charge is 2.10. The Morgan fingerprint density at radius 1 is 1.24 bits per heavy atom. The number of carbonyl (C=O) groups excluding carboxylic acids is 1. The second kappa shape index (κ2) is 6.69. The molecule has 1 heterocycles. The van der Waals surface area contributed by atoms with Crippen LogP contribution in [0, 0.1) is 0 Å². The monoisotopic (exact) mass is 286 g/mol. The van der Waals surface area contributed by atoms with Crippen LogP contribution >= 0.6 is 0 Å². The second-order valence-electron chi connectivity index (χ2n) is 4.74. The quantitative estimate of drug-likeness (QED) is 0.882. The Bertz CT molecular complexity index is 629. The van der Waals surface area contributed by atoms with Gasteiger partial charge >= 0.3 is 0 Å². The fraction of sp³-hybridized carbons (Fsp3) is 0.267. The molecule has 21 heavy (non-hydrogen) atoms. The van der Waals surface area contributed by atoms with Crippen molar-refractivity contribution < 1.29 is 9.53 Å². The van der Waals surface area contributed by atoms with Crippen molar-refractivity contribution in [1.29, 1.82) is 0 Å². The number of ether oxygens (including phenoxy) is 1. The number of benzene rings is 1. The maximum atomic E-state index is 11.9. The van der Waals surface area contributed by atoms with E-state index in [1.807, 2.05) is 38.1 Å². The lowest BCUT2D eigenvalue weighted by Crippen LogP contribution is -2.30. The summed E-state index contributed by atoms with van der Waals surface area (Å²) in [6, 6.07) is 9.14. The van der Waals surface area contributed by atoms with Gasteiger partial charge in [0.25, 0.3) is 5.91 Å². The molecule has 0 saturated carbocycles. The summed E-state index contributed by atoms with van der Waals surface area (Å²) >= 11 is 0. The summed E-state index contributed by atoms with van der Waals surface area (Å²) in [4.78, 5) is 20.0. The maximum absolute atomic E-state index is 11.9. The SMILES string of the molecule is COc1ccccc1Nc1cc(C(=O)NC(C)C)ncn1. The number of methoxy groups -OCH3 is 1. The topological polar surface area (TPSA) is 76.1 Å². The molecule has 0 bridgehead atoms. The van der Waals surface area contributed by atoms with Crippen LogP contribution < -0.4 is 15.4 Å². The number of nitrogens with zero attached hydrogens (tertiary/aromatic N) is 2. The predicted octanol–water partition coefficient (Wildman–Crippen LogP) is 2.37. The van der Waals surface area contributed by atoms with Crippen molar-refractivity contribution in [3.05, 3.63) is 42.4 Å². The van der Waals surface area contributed by atoms with Gasteiger partial charge < -0.3 is 15.4 Å². The lowest BCUT2D eigenvalue weighted by Gasteiger charge is -2.11. The Kier molecular flexibility index (Phi) is 4.71. The minimum Gasteiger partial charge on any atom is -0.495 e. The summed E-state index contributed by atoms with van der Waals surface area (Å²) in [5.74, 6) is 1.00. The standard InChI is InChI=1S/C15H18N4O2/c1-10(2)18-15(20)12-8-14(17-9-16-12)19-11-6-4-5-7-13(11)21-3/h4-10H,1-3H3,(H,18,20)(H,16,17,19). The highest BCUT2D eigenvalue weighted by Crippen LogP contribution is 2.26. The average Bonchev–Trinajstić information content (AvgIpc) is 2.47. The fourth-order valence-corrected chi connectivity index (χ4v) is 1.77. The zero-order valence-corrected chi connectivity index (χ0v) is 12.3. The summed E-state index contributed by atoms with van der Waals surface area (Å²) in [5, 5.41) is 5.91. The van der Waals surface area contributed by atoms with Crippen molar-refractivity contribution in [2.24, 2.45) is 0 Å². The first-order chi connectivity index (χ1) is 10.1. The van der Waals surface area contributed by atoms with E-state index in [2.05, 4.69) is 20.6 Å². The predicted molar refractivity (Wildman–Crippen MR) is 80.9 cm³/mol. The van der Waals surface area contributed by atoms with Gasteiger partial charge in [-0.25, -0.2) is 9.97 Å². The van der Waals surface area contributed by atoms with Crippen LogP contribution in [-0.2, 0) is 0 Å². The third-order valence-electron chi connectivity index (χ3n) is 2.69. The molecule has 0 aliphatic rings. The van der Waals surface area contributed by atoms with Crippen LogP contribution in [0.2, 0.25) is 0 Å². The number of anilines is 2. The van der Waals surface area contributed by atoms with Gasteiger partial charge in [0.15, 0.2) is 0 Å². The van der Waals surface area contributed by atoms with Crippen molar-refractivity contribution in [3.8, 4) is 5.75 Å². The van der Waals surface area contributed by atoms with Crippen molar-refractivity contribution in [2.75, 3.05) is 12.4 Å². The molecule has 6 heteroatoms. The molecule has 0 saturated heterocycles. The Hall–Kier alpha value is -2.63. The van der Waals surface area contributed by atoms with Crippen LogP contribution in [0.3, 0.4) is 0 Å². The van der Waals surface area contributed by atoms with Crippen LogP contribution in [0.1, 0.15) is 24.3 Å². The largest absolute Gasteiger partial charge is 0.495 e. The molecule has 0 spiro atoms. The second-order valence-corrected chi connectivity index (χ2v) is 4.74. The smallest absolute Gasteiger partial charge is 0.270 e. The van der Waals surface area contributed by atoms with E-state index in [1.165, 1.54) is 6.33 Å².